The number of amides is 1. The van der Waals surface area contributed by atoms with Gasteiger partial charge in [-0.15, -0.1) is 0 Å². The van der Waals surface area contributed by atoms with Gasteiger partial charge in [-0.1, -0.05) is 16.8 Å². The van der Waals surface area contributed by atoms with Gasteiger partial charge in [0.25, 0.3) is 5.91 Å². The van der Waals surface area contributed by atoms with Crippen molar-refractivity contribution in [3.8, 4) is 22.8 Å². The smallest absolute Gasteiger partial charge is 0.276 e. The number of nitrogens with zero attached hydrogens (tertiary/aromatic N) is 3. The average Bonchev–Trinajstić information content (AvgIpc) is 3.23. The Kier molecular flexibility index (Phi) is 4.75. The third kappa shape index (κ3) is 3.25. The minimum absolute atomic E-state index is 0.128. The number of piperazine rings is 1. The van der Waals surface area contributed by atoms with Gasteiger partial charge in [0, 0.05) is 43.0 Å². The highest BCUT2D eigenvalue weighted by Crippen LogP contribution is 2.41. The van der Waals surface area contributed by atoms with E-state index in [1.54, 1.807) is 13.2 Å². The molecule has 5 rings (SSSR count). The van der Waals surface area contributed by atoms with E-state index < -0.39 is 0 Å². The van der Waals surface area contributed by atoms with Crippen LogP contribution in [0.2, 0.25) is 5.02 Å². The summed E-state index contributed by atoms with van der Waals surface area (Å²) < 4.78 is 16.6. The maximum absolute atomic E-state index is 13.1. The van der Waals surface area contributed by atoms with E-state index in [1.165, 1.54) is 0 Å². The zero-order valence-electron chi connectivity index (χ0n) is 16.4. The Morgan fingerprint density at radius 1 is 1.10 bits per heavy atom. The SMILES string of the molecule is COc1ccc2c(c1)OCc1c(C(=O)N3CCN(c4ccc(Cl)cc4)CC3)noc1-2. The summed E-state index contributed by atoms with van der Waals surface area (Å²) in [7, 11) is 1.61. The Hall–Kier alpha value is -3.19. The number of ether oxygens (including phenoxy) is 2. The van der Waals surface area contributed by atoms with Crippen molar-refractivity contribution in [2.24, 2.45) is 0 Å². The molecule has 8 heteroatoms. The fourth-order valence-corrected chi connectivity index (χ4v) is 4.00. The van der Waals surface area contributed by atoms with Gasteiger partial charge in [0.05, 0.1) is 18.2 Å². The predicted molar refractivity (Wildman–Crippen MR) is 112 cm³/mol. The molecule has 2 aliphatic rings. The van der Waals surface area contributed by atoms with Crippen molar-refractivity contribution in [2.75, 3.05) is 38.2 Å². The molecule has 0 atom stereocenters. The van der Waals surface area contributed by atoms with Crippen molar-refractivity contribution in [2.45, 2.75) is 6.61 Å². The number of anilines is 1. The molecule has 1 saturated heterocycles. The van der Waals surface area contributed by atoms with E-state index in [-0.39, 0.29) is 12.5 Å². The summed E-state index contributed by atoms with van der Waals surface area (Å²) in [4.78, 5) is 17.2. The van der Waals surface area contributed by atoms with E-state index >= 15 is 0 Å². The Morgan fingerprint density at radius 3 is 2.60 bits per heavy atom. The molecule has 30 heavy (non-hydrogen) atoms. The third-order valence-electron chi connectivity index (χ3n) is 5.55. The summed E-state index contributed by atoms with van der Waals surface area (Å²) in [6, 6.07) is 13.2. The zero-order valence-corrected chi connectivity index (χ0v) is 17.2. The Morgan fingerprint density at radius 2 is 1.87 bits per heavy atom. The second-order valence-electron chi connectivity index (χ2n) is 7.25. The number of carbonyl (C=O) groups excluding carboxylic acids is 1. The maximum atomic E-state index is 13.1. The van der Waals surface area contributed by atoms with Crippen LogP contribution in [-0.2, 0) is 6.61 Å². The summed E-state index contributed by atoms with van der Waals surface area (Å²) in [5.41, 5.74) is 2.89. The Bertz CT molecular complexity index is 1090. The van der Waals surface area contributed by atoms with Crippen LogP contribution in [0.5, 0.6) is 11.5 Å². The van der Waals surface area contributed by atoms with Crippen LogP contribution in [0.4, 0.5) is 5.69 Å². The highest BCUT2D eigenvalue weighted by Gasteiger charge is 2.32. The Labute approximate surface area is 178 Å². The Balaban J connectivity index is 1.32. The van der Waals surface area contributed by atoms with Crippen LogP contribution in [0.15, 0.2) is 47.0 Å². The third-order valence-corrected chi connectivity index (χ3v) is 5.81. The van der Waals surface area contributed by atoms with Crippen LogP contribution in [0.3, 0.4) is 0 Å². The summed E-state index contributed by atoms with van der Waals surface area (Å²) in [5.74, 6) is 1.82. The van der Waals surface area contributed by atoms with Crippen molar-refractivity contribution in [3.05, 3.63) is 58.7 Å². The van der Waals surface area contributed by atoms with Gasteiger partial charge in [-0.25, -0.2) is 0 Å². The normalized spacial score (nSPS) is 15.3. The van der Waals surface area contributed by atoms with Gasteiger partial charge in [0.15, 0.2) is 11.5 Å². The fraction of sp³-hybridized carbons (Fsp3) is 0.273. The molecular formula is C22H20ClN3O4. The van der Waals surface area contributed by atoms with E-state index in [0.717, 1.165) is 24.3 Å². The number of rotatable bonds is 3. The molecular weight excluding hydrogens is 406 g/mol. The highest BCUT2D eigenvalue weighted by atomic mass is 35.5. The summed E-state index contributed by atoms with van der Waals surface area (Å²) in [6.07, 6.45) is 0. The molecule has 1 fully saturated rings. The van der Waals surface area contributed by atoms with E-state index in [9.17, 15) is 4.79 Å². The molecule has 2 aromatic carbocycles. The van der Waals surface area contributed by atoms with Crippen molar-refractivity contribution in [1.82, 2.24) is 10.1 Å². The number of hydrogen-bond donors (Lipinski definition) is 0. The number of aromatic nitrogens is 1. The van der Waals surface area contributed by atoms with Crippen molar-refractivity contribution >= 4 is 23.2 Å². The summed E-state index contributed by atoms with van der Waals surface area (Å²) >= 11 is 5.97. The zero-order chi connectivity index (χ0) is 20.7. The predicted octanol–water partition coefficient (Wildman–Crippen LogP) is 3.86. The van der Waals surface area contributed by atoms with Crippen LogP contribution >= 0.6 is 11.6 Å². The molecule has 0 spiro atoms. The molecule has 154 valence electrons. The van der Waals surface area contributed by atoms with E-state index in [1.807, 2.05) is 41.3 Å². The monoisotopic (exact) mass is 425 g/mol. The molecule has 1 amide bonds. The topological polar surface area (TPSA) is 68.0 Å². The standard InChI is InChI=1S/C22H20ClN3O4/c1-28-16-6-7-17-19(12-16)29-13-18-20(24-30-21(17)18)22(27)26-10-8-25(9-11-26)15-4-2-14(23)3-5-15/h2-7,12H,8-11,13H2,1H3. The lowest BCUT2D eigenvalue weighted by atomic mass is 10.0. The van der Waals surface area contributed by atoms with Gasteiger partial charge in [0.2, 0.25) is 0 Å². The van der Waals surface area contributed by atoms with E-state index in [0.29, 0.717) is 46.6 Å². The summed E-state index contributed by atoms with van der Waals surface area (Å²) in [6.45, 7) is 2.94. The first-order valence-corrected chi connectivity index (χ1v) is 10.1. The van der Waals surface area contributed by atoms with Crippen molar-refractivity contribution < 1.29 is 18.8 Å². The lowest BCUT2D eigenvalue weighted by Gasteiger charge is -2.36. The molecule has 2 aliphatic heterocycles. The molecule has 3 aromatic rings. The van der Waals surface area contributed by atoms with Gasteiger partial charge in [-0.2, -0.15) is 0 Å². The number of methoxy groups -OCH3 is 1. The van der Waals surface area contributed by atoms with Gasteiger partial charge < -0.3 is 23.8 Å². The number of hydrogen-bond acceptors (Lipinski definition) is 6. The molecule has 0 saturated carbocycles. The first-order chi connectivity index (χ1) is 14.6. The minimum atomic E-state index is -0.128. The van der Waals surface area contributed by atoms with Crippen LogP contribution in [0.25, 0.3) is 11.3 Å². The van der Waals surface area contributed by atoms with Crippen LogP contribution in [-0.4, -0.2) is 49.3 Å². The molecule has 0 bridgehead atoms. The second-order valence-corrected chi connectivity index (χ2v) is 7.68. The molecule has 0 unspecified atom stereocenters. The molecule has 0 N–H and O–H groups in total. The van der Waals surface area contributed by atoms with Crippen molar-refractivity contribution in [1.29, 1.82) is 0 Å². The number of halogens is 1. The first-order valence-electron chi connectivity index (χ1n) is 9.73. The first kappa shape index (κ1) is 18.8. The number of carbonyl (C=O) groups is 1. The second kappa shape index (κ2) is 7.57. The van der Waals surface area contributed by atoms with Crippen molar-refractivity contribution in [3.63, 3.8) is 0 Å². The fourth-order valence-electron chi connectivity index (χ4n) is 3.88. The van der Waals surface area contributed by atoms with Gasteiger partial charge in [-0.3, -0.25) is 4.79 Å². The van der Waals surface area contributed by atoms with Crippen LogP contribution < -0.4 is 14.4 Å². The van der Waals surface area contributed by atoms with E-state index in [4.69, 9.17) is 25.6 Å². The largest absolute Gasteiger partial charge is 0.497 e. The summed E-state index contributed by atoms with van der Waals surface area (Å²) in [5, 5.41) is 4.81. The highest BCUT2D eigenvalue weighted by molar-refractivity contribution is 6.30. The molecule has 1 aromatic heterocycles. The molecule has 0 aliphatic carbocycles. The maximum Gasteiger partial charge on any atom is 0.276 e. The number of benzene rings is 2. The molecule has 7 nitrogen and oxygen atoms in total. The van der Waals surface area contributed by atoms with Gasteiger partial charge in [-0.05, 0) is 36.4 Å². The van der Waals surface area contributed by atoms with Gasteiger partial charge >= 0.3 is 0 Å². The minimum Gasteiger partial charge on any atom is -0.497 e. The molecule has 0 radical (unpaired) electrons. The number of fused-ring (bicyclic) bond motifs is 3. The van der Waals surface area contributed by atoms with Gasteiger partial charge in [0.1, 0.15) is 18.1 Å². The average molecular weight is 426 g/mol. The van der Waals surface area contributed by atoms with Crippen LogP contribution in [0.1, 0.15) is 16.1 Å². The molecule has 3 heterocycles. The lowest BCUT2D eigenvalue weighted by Crippen LogP contribution is -2.49. The van der Waals surface area contributed by atoms with Crippen LogP contribution in [0, 0.1) is 0 Å². The quantitative estimate of drug-likeness (QED) is 0.634. The lowest BCUT2D eigenvalue weighted by molar-refractivity contribution is 0.0734. The van der Waals surface area contributed by atoms with E-state index in [2.05, 4.69) is 10.1 Å².